The number of hydrogen-bond donors (Lipinski definition) is 1. The number of anilines is 1. The topological polar surface area (TPSA) is 101 Å². The van der Waals surface area contributed by atoms with Crippen LogP contribution < -0.4 is 5.43 Å². The highest BCUT2D eigenvalue weighted by Gasteiger charge is 2.39. The molecular formula is C28H20F6N4O3S. The van der Waals surface area contributed by atoms with Crippen molar-refractivity contribution in [2.75, 3.05) is 11.7 Å². The number of benzene rings is 3. The maximum atomic E-state index is 13.9. The number of ketones is 1. The van der Waals surface area contributed by atoms with Crippen LogP contribution in [0.25, 0.3) is 22.4 Å². The number of carbonyl (C=O) groups is 1. The van der Waals surface area contributed by atoms with Gasteiger partial charge in [-0.05, 0) is 17.7 Å². The number of nitrogens with one attached hydrogen (secondary N) is 1. The maximum absolute atomic E-state index is 13.9. The summed E-state index contributed by atoms with van der Waals surface area (Å²) in [5.74, 6) is -3.32. The lowest BCUT2D eigenvalue weighted by molar-refractivity contribution is -0.144. The van der Waals surface area contributed by atoms with E-state index in [1.165, 1.54) is 60.7 Å². The van der Waals surface area contributed by atoms with E-state index in [2.05, 4.69) is 15.1 Å². The molecule has 0 aliphatic carbocycles. The molecule has 0 atom stereocenters. The summed E-state index contributed by atoms with van der Waals surface area (Å²) in [5.41, 5.74) is 0.145. The molecule has 0 saturated heterocycles. The van der Waals surface area contributed by atoms with Gasteiger partial charge in [-0.3, -0.25) is 10.2 Å². The van der Waals surface area contributed by atoms with Gasteiger partial charge in [0.1, 0.15) is 5.71 Å². The van der Waals surface area contributed by atoms with E-state index >= 15 is 0 Å². The van der Waals surface area contributed by atoms with Gasteiger partial charge in [-0.15, -0.1) is 0 Å². The molecule has 0 fully saturated rings. The van der Waals surface area contributed by atoms with E-state index in [4.69, 9.17) is 0 Å². The minimum Gasteiger partial charge on any atom is -0.294 e. The van der Waals surface area contributed by atoms with Crippen LogP contribution in [0, 0.1) is 0 Å². The van der Waals surface area contributed by atoms with Crippen LogP contribution in [0.4, 0.5) is 32.2 Å². The van der Waals surface area contributed by atoms with Gasteiger partial charge < -0.3 is 0 Å². The molecule has 7 nitrogen and oxygen atoms in total. The van der Waals surface area contributed by atoms with Crippen molar-refractivity contribution in [1.29, 1.82) is 0 Å². The van der Waals surface area contributed by atoms with Crippen molar-refractivity contribution >= 4 is 27.2 Å². The Morgan fingerprint density at radius 1 is 0.810 bits per heavy atom. The van der Waals surface area contributed by atoms with Crippen LogP contribution in [0.1, 0.15) is 22.6 Å². The van der Waals surface area contributed by atoms with Crippen LogP contribution in [0.3, 0.4) is 0 Å². The normalized spacial score (nSPS) is 12.7. The zero-order valence-corrected chi connectivity index (χ0v) is 22.3. The molecule has 3 aromatic carbocycles. The van der Waals surface area contributed by atoms with Crippen LogP contribution in [-0.2, 0) is 16.0 Å². The molecule has 0 radical (unpaired) electrons. The second-order valence-corrected chi connectivity index (χ2v) is 10.9. The van der Waals surface area contributed by atoms with E-state index in [-0.39, 0.29) is 32.8 Å². The van der Waals surface area contributed by atoms with Crippen molar-refractivity contribution in [2.24, 2.45) is 5.10 Å². The number of alkyl halides is 6. The van der Waals surface area contributed by atoms with Crippen LogP contribution >= 0.6 is 0 Å². The quantitative estimate of drug-likeness (QED) is 0.102. The molecule has 0 bridgehead atoms. The van der Waals surface area contributed by atoms with Gasteiger partial charge in [0, 0.05) is 17.4 Å². The molecular weight excluding hydrogens is 586 g/mol. The molecule has 4 aromatic rings. The minimum absolute atomic E-state index is 0.0133. The predicted octanol–water partition coefficient (Wildman–Crippen LogP) is 6.84. The van der Waals surface area contributed by atoms with Crippen LogP contribution in [0.5, 0.6) is 0 Å². The Bertz CT molecular complexity index is 1720. The third-order valence-corrected chi connectivity index (χ3v) is 6.96. The van der Waals surface area contributed by atoms with Crippen LogP contribution in [-0.4, -0.2) is 42.3 Å². The van der Waals surface area contributed by atoms with Gasteiger partial charge in [-0.25, -0.2) is 18.4 Å². The van der Waals surface area contributed by atoms with Crippen LogP contribution in [0.2, 0.25) is 0 Å². The first kappa shape index (κ1) is 30.4. The van der Waals surface area contributed by atoms with Gasteiger partial charge in [0.15, 0.2) is 21.4 Å². The average molecular weight is 607 g/mol. The van der Waals surface area contributed by atoms with E-state index in [9.17, 15) is 39.6 Å². The maximum Gasteiger partial charge on any atom is 0.451 e. The first-order valence-corrected chi connectivity index (χ1v) is 13.9. The molecule has 1 N–H and O–H groups in total. The first-order valence-electron chi connectivity index (χ1n) is 12.0. The number of aromatic nitrogens is 2. The number of nitrogens with zero attached hydrogens (tertiary/aromatic N) is 3. The molecule has 0 aliphatic heterocycles. The second-order valence-electron chi connectivity index (χ2n) is 8.91. The summed E-state index contributed by atoms with van der Waals surface area (Å²) in [4.78, 5) is 19.5. The van der Waals surface area contributed by atoms with Gasteiger partial charge >= 0.3 is 12.4 Å². The molecule has 0 saturated carbocycles. The summed E-state index contributed by atoms with van der Waals surface area (Å²) >= 11 is 0. The Balaban J connectivity index is 1.90. The van der Waals surface area contributed by atoms with Crippen LogP contribution in [0.15, 0.2) is 94.9 Å². The van der Waals surface area contributed by atoms with Crippen molar-refractivity contribution in [3.8, 4) is 22.4 Å². The van der Waals surface area contributed by atoms with E-state index in [1.807, 2.05) is 5.43 Å². The summed E-state index contributed by atoms with van der Waals surface area (Å²) < 4.78 is 107. The Morgan fingerprint density at radius 2 is 1.38 bits per heavy atom. The van der Waals surface area contributed by atoms with Gasteiger partial charge in [0.05, 0.1) is 22.6 Å². The van der Waals surface area contributed by atoms with Gasteiger partial charge in [-0.1, -0.05) is 72.8 Å². The van der Waals surface area contributed by atoms with Crippen molar-refractivity contribution in [2.45, 2.75) is 23.7 Å². The number of Topliss-reactive ketones (excluding diaryl/α,β-unsaturated/α-hetero) is 1. The van der Waals surface area contributed by atoms with Gasteiger partial charge in [0.2, 0.25) is 5.82 Å². The third-order valence-electron chi connectivity index (χ3n) is 5.83. The monoisotopic (exact) mass is 606 g/mol. The standard InChI is InChI=1S/C28H20F6N4O3S/c1-42(40,41)20-14-12-19(13-15-20)24-23(18-10-6-3-7-11-18)25(36-26(35-24)28(32,33)34)38-37-22(27(29,30)31)16-21(39)17-8-4-2-5-9-17/h2-15H,16H2,1H3,(H,35,36,38). The zero-order valence-electron chi connectivity index (χ0n) is 21.5. The second kappa shape index (κ2) is 11.7. The molecule has 14 heteroatoms. The fraction of sp³-hybridized carbons (Fsp3) is 0.143. The minimum atomic E-state index is -5.12. The van der Waals surface area contributed by atoms with Gasteiger partial charge in [0.25, 0.3) is 0 Å². The smallest absolute Gasteiger partial charge is 0.294 e. The number of rotatable bonds is 8. The summed E-state index contributed by atoms with van der Waals surface area (Å²) in [6.45, 7) is 0. The van der Waals surface area contributed by atoms with Gasteiger partial charge in [-0.2, -0.15) is 31.4 Å². The predicted molar refractivity (Wildman–Crippen MR) is 144 cm³/mol. The molecule has 42 heavy (non-hydrogen) atoms. The average Bonchev–Trinajstić information content (AvgIpc) is 2.94. The van der Waals surface area contributed by atoms with Crippen molar-refractivity contribution < 1.29 is 39.6 Å². The number of hydrogen-bond acceptors (Lipinski definition) is 7. The molecule has 218 valence electrons. The summed E-state index contributed by atoms with van der Waals surface area (Å²) in [6, 6.07) is 19.5. The van der Waals surface area contributed by atoms with Crippen molar-refractivity contribution in [3.05, 3.63) is 96.3 Å². The molecule has 0 unspecified atom stereocenters. The fourth-order valence-corrected chi connectivity index (χ4v) is 4.45. The highest BCUT2D eigenvalue weighted by atomic mass is 32.2. The molecule has 0 spiro atoms. The van der Waals surface area contributed by atoms with E-state index in [1.54, 1.807) is 12.1 Å². The zero-order chi connectivity index (χ0) is 30.7. The molecule has 1 aromatic heterocycles. The van der Waals surface area contributed by atoms with Crippen molar-refractivity contribution in [3.63, 3.8) is 0 Å². The van der Waals surface area contributed by atoms with E-state index in [0.29, 0.717) is 0 Å². The summed E-state index contributed by atoms with van der Waals surface area (Å²) in [5, 5.41) is 3.31. The molecule has 1 heterocycles. The Morgan fingerprint density at radius 3 is 1.90 bits per heavy atom. The molecule has 0 aliphatic rings. The lowest BCUT2D eigenvalue weighted by atomic mass is 9.99. The Kier molecular flexibility index (Phi) is 8.48. The number of carbonyl (C=O) groups excluding carboxylic acids is 1. The first-order chi connectivity index (χ1) is 19.6. The molecule has 0 amide bonds. The lowest BCUT2D eigenvalue weighted by Crippen LogP contribution is -2.27. The lowest BCUT2D eigenvalue weighted by Gasteiger charge is -2.18. The molecule has 4 rings (SSSR count). The summed E-state index contributed by atoms with van der Waals surface area (Å²) in [6.07, 6.45) is -10.5. The SMILES string of the molecule is CS(=O)(=O)c1ccc(-c2nc(C(F)(F)F)nc(NN=C(CC(=O)c3ccccc3)C(F)(F)F)c2-c2ccccc2)cc1. The Labute approximate surface area is 235 Å². The summed E-state index contributed by atoms with van der Waals surface area (Å²) in [7, 11) is -3.64. The number of halogens is 6. The third kappa shape index (κ3) is 7.18. The van der Waals surface area contributed by atoms with E-state index in [0.717, 1.165) is 18.4 Å². The van der Waals surface area contributed by atoms with E-state index < -0.39 is 51.7 Å². The fourth-order valence-electron chi connectivity index (χ4n) is 3.82. The largest absolute Gasteiger partial charge is 0.451 e. The highest BCUT2D eigenvalue weighted by Crippen LogP contribution is 2.39. The highest BCUT2D eigenvalue weighted by molar-refractivity contribution is 7.90. The number of sulfone groups is 1. The number of hydrazone groups is 1. The van der Waals surface area contributed by atoms with Crippen molar-refractivity contribution in [1.82, 2.24) is 9.97 Å². The Hall–Kier alpha value is -4.59.